The number of nitrogens with one attached hydrogen (secondary N) is 1. The van der Waals surface area contributed by atoms with Crippen molar-refractivity contribution in [2.45, 2.75) is 6.54 Å². The van der Waals surface area contributed by atoms with Crippen LogP contribution in [0.25, 0.3) is 0 Å². The Balaban J connectivity index is 2.13. The van der Waals surface area contributed by atoms with Crippen molar-refractivity contribution in [2.24, 2.45) is 0 Å². The van der Waals surface area contributed by atoms with E-state index in [0.29, 0.717) is 16.7 Å². The van der Waals surface area contributed by atoms with E-state index in [4.69, 9.17) is 5.11 Å². The Kier molecular flexibility index (Phi) is 4.54. The van der Waals surface area contributed by atoms with E-state index in [1.165, 1.54) is 18.2 Å². The third-order valence-electron chi connectivity index (χ3n) is 2.84. The highest BCUT2D eigenvalue weighted by Crippen LogP contribution is 2.28. The average Bonchev–Trinajstić information content (AvgIpc) is 2.46. The summed E-state index contributed by atoms with van der Waals surface area (Å²) >= 11 is 3.19. The van der Waals surface area contributed by atoms with Crippen LogP contribution in [-0.4, -0.2) is 16.0 Å². The monoisotopic (exact) mass is 350 g/mol. The van der Waals surface area contributed by atoms with Crippen molar-refractivity contribution in [3.63, 3.8) is 0 Å². The van der Waals surface area contributed by atoms with Crippen LogP contribution in [0.1, 0.15) is 15.9 Å². The molecule has 2 N–H and O–H groups in total. The number of aromatic carboxylic acids is 1. The van der Waals surface area contributed by atoms with Crippen molar-refractivity contribution >= 4 is 33.3 Å². The first-order valence-electron chi connectivity index (χ1n) is 5.97. The van der Waals surface area contributed by atoms with Gasteiger partial charge in [0.2, 0.25) is 0 Å². The summed E-state index contributed by atoms with van der Waals surface area (Å²) in [5.41, 5.74) is 1.42. The highest BCUT2D eigenvalue weighted by atomic mass is 79.9. The van der Waals surface area contributed by atoms with Gasteiger partial charge in [0, 0.05) is 17.1 Å². The van der Waals surface area contributed by atoms with E-state index in [0.717, 1.165) is 5.56 Å². The molecule has 6 nitrogen and oxygen atoms in total. The van der Waals surface area contributed by atoms with E-state index in [9.17, 15) is 14.9 Å². The second kappa shape index (κ2) is 6.36. The second-order valence-electron chi connectivity index (χ2n) is 4.27. The molecule has 0 fully saturated rings. The molecule has 0 aliphatic carbocycles. The van der Waals surface area contributed by atoms with Crippen molar-refractivity contribution in [2.75, 3.05) is 5.32 Å². The molecular weight excluding hydrogens is 340 g/mol. The molecule has 2 aromatic carbocycles. The molecular formula is C14H11BrN2O4. The van der Waals surface area contributed by atoms with Crippen LogP contribution in [0.4, 0.5) is 11.4 Å². The van der Waals surface area contributed by atoms with Gasteiger partial charge in [0.1, 0.15) is 5.69 Å². The number of nitro groups is 1. The van der Waals surface area contributed by atoms with Crippen molar-refractivity contribution in [1.29, 1.82) is 0 Å². The van der Waals surface area contributed by atoms with Crippen LogP contribution in [0.5, 0.6) is 0 Å². The van der Waals surface area contributed by atoms with Gasteiger partial charge in [-0.1, -0.05) is 28.1 Å². The van der Waals surface area contributed by atoms with E-state index in [1.807, 2.05) is 0 Å². The van der Waals surface area contributed by atoms with Gasteiger partial charge in [0.05, 0.1) is 10.5 Å². The van der Waals surface area contributed by atoms with Gasteiger partial charge in [-0.3, -0.25) is 10.1 Å². The van der Waals surface area contributed by atoms with Gasteiger partial charge in [-0.25, -0.2) is 4.79 Å². The highest BCUT2D eigenvalue weighted by molar-refractivity contribution is 9.10. The van der Waals surface area contributed by atoms with Gasteiger partial charge in [-0.2, -0.15) is 0 Å². The Hall–Kier alpha value is -2.41. The number of anilines is 1. The zero-order chi connectivity index (χ0) is 15.4. The molecule has 21 heavy (non-hydrogen) atoms. The molecule has 0 saturated heterocycles. The molecule has 0 bridgehead atoms. The van der Waals surface area contributed by atoms with Crippen LogP contribution in [0.15, 0.2) is 46.9 Å². The molecule has 0 unspecified atom stereocenters. The summed E-state index contributed by atoms with van der Waals surface area (Å²) in [6.07, 6.45) is 0. The summed E-state index contributed by atoms with van der Waals surface area (Å²) in [6, 6.07) is 11.1. The molecule has 0 radical (unpaired) electrons. The number of benzene rings is 2. The van der Waals surface area contributed by atoms with Gasteiger partial charge in [0.15, 0.2) is 0 Å². The molecule has 2 aromatic rings. The Morgan fingerprint density at radius 3 is 2.48 bits per heavy atom. The maximum Gasteiger partial charge on any atom is 0.335 e. The largest absolute Gasteiger partial charge is 0.478 e. The normalized spacial score (nSPS) is 10.1. The standard InChI is InChI=1S/C14H11BrN2O4/c15-11-5-6-12(13(7-11)17(20)21)16-8-9-1-3-10(4-2-9)14(18)19/h1-7,16H,8H2,(H,18,19). The number of rotatable bonds is 5. The summed E-state index contributed by atoms with van der Waals surface area (Å²) in [6.45, 7) is 0.363. The lowest BCUT2D eigenvalue weighted by molar-refractivity contribution is -0.384. The van der Waals surface area contributed by atoms with Crippen LogP contribution < -0.4 is 5.32 Å². The Bertz CT molecular complexity index is 686. The number of carbonyl (C=O) groups is 1. The SMILES string of the molecule is O=C(O)c1ccc(CNc2ccc(Br)cc2[N+](=O)[O-])cc1. The van der Waals surface area contributed by atoms with E-state index in [1.54, 1.807) is 24.3 Å². The fourth-order valence-corrected chi connectivity index (χ4v) is 2.12. The third-order valence-corrected chi connectivity index (χ3v) is 3.33. The summed E-state index contributed by atoms with van der Waals surface area (Å²) < 4.78 is 0.630. The minimum absolute atomic E-state index is 0.0217. The maximum absolute atomic E-state index is 11.0. The lowest BCUT2D eigenvalue weighted by Gasteiger charge is -2.08. The Labute approximate surface area is 128 Å². The van der Waals surface area contributed by atoms with E-state index in [-0.39, 0.29) is 11.3 Å². The lowest BCUT2D eigenvalue weighted by atomic mass is 10.1. The van der Waals surface area contributed by atoms with Crippen LogP contribution in [-0.2, 0) is 6.54 Å². The molecule has 0 aliphatic rings. The molecule has 108 valence electrons. The van der Waals surface area contributed by atoms with Crippen LogP contribution >= 0.6 is 15.9 Å². The number of nitro benzene ring substituents is 1. The average molecular weight is 351 g/mol. The maximum atomic E-state index is 11.0. The third kappa shape index (κ3) is 3.79. The van der Waals surface area contributed by atoms with E-state index >= 15 is 0 Å². The zero-order valence-electron chi connectivity index (χ0n) is 10.7. The van der Waals surface area contributed by atoms with Crippen LogP contribution in [0.3, 0.4) is 0 Å². The van der Waals surface area contributed by atoms with Crippen LogP contribution in [0.2, 0.25) is 0 Å². The van der Waals surface area contributed by atoms with Crippen molar-refractivity contribution < 1.29 is 14.8 Å². The van der Waals surface area contributed by atoms with Crippen LogP contribution in [0, 0.1) is 10.1 Å². The van der Waals surface area contributed by atoms with E-state index < -0.39 is 10.9 Å². The zero-order valence-corrected chi connectivity index (χ0v) is 12.3. The van der Waals surface area contributed by atoms with Gasteiger partial charge in [-0.05, 0) is 29.8 Å². The van der Waals surface area contributed by atoms with Gasteiger partial charge in [0.25, 0.3) is 5.69 Å². The highest BCUT2D eigenvalue weighted by Gasteiger charge is 2.13. The minimum Gasteiger partial charge on any atom is -0.478 e. The van der Waals surface area contributed by atoms with Gasteiger partial charge in [-0.15, -0.1) is 0 Å². The first-order chi connectivity index (χ1) is 9.97. The van der Waals surface area contributed by atoms with Gasteiger partial charge >= 0.3 is 5.97 Å². The molecule has 2 rings (SSSR count). The summed E-state index contributed by atoms with van der Waals surface area (Å²) in [4.78, 5) is 21.3. The van der Waals surface area contributed by atoms with Crippen molar-refractivity contribution in [3.8, 4) is 0 Å². The fraction of sp³-hybridized carbons (Fsp3) is 0.0714. The number of halogens is 1. The molecule has 0 heterocycles. The number of nitrogens with zero attached hydrogens (tertiary/aromatic N) is 1. The predicted octanol–water partition coefficient (Wildman–Crippen LogP) is 3.67. The number of carboxylic acids is 1. The second-order valence-corrected chi connectivity index (χ2v) is 5.19. The molecule has 0 saturated carbocycles. The predicted molar refractivity (Wildman–Crippen MR) is 81.5 cm³/mol. The summed E-state index contributed by atoms with van der Waals surface area (Å²) in [5, 5.41) is 22.8. The summed E-state index contributed by atoms with van der Waals surface area (Å²) in [7, 11) is 0. The molecule has 0 amide bonds. The molecule has 0 aromatic heterocycles. The smallest absolute Gasteiger partial charge is 0.335 e. The summed E-state index contributed by atoms with van der Waals surface area (Å²) in [5.74, 6) is -0.988. The number of hydrogen-bond donors (Lipinski definition) is 2. The first kappa shape index (κ1) is 15.0. The lowest BCUT2D eigenvalue weighted by Crippen LogP contribution is -2.03. The van der Waals surface area contributed by atoms with Crippen molar-refractivity contribution in [3.05, 3.63) is 68.2 Å². The number of carboxylic acid groups (broad SMARTS) is 1. The molecule has 0 atom stereocenters. The Morgan fingerprint density at radius 2 is 1.90 bits per heavy atom. The van der Waals surface area contributed by atoms with E-state index in [2.05, 4.69) is 21.2 Å². The molecule has 7 heteroatoms. The first-order valence-corrected chi connectivity index (χ1v) is 6.76. The molecule has 0 aliphatic heterocycles. The quantitative estimate of drug-likeness (QED) is 0.633. The molecule has 0 spiro atoms. The number of hydrogen-bond acceptors (Lipinski definition) is 4. The Morgan fingerprint density at radius 1 is 1.24 bits per heavy atom. The van der Waals surface area contributed by atoms with Crippen molar-refractivity contribution in [1.82, 2.24) is 0 Å². The topological polar surface area (TPSA) is 92.5 Å². The van der Waals surface area contributed by atoms with Gasteiger partial charge < -0.3 is 10.4 Å². The minimum atomic E-state index is -0.988. The fourth-order valence-electron chi connectivity index (χ4n) is 1.77.